The van der Waals surface area contributed by atoms with Crippen LogP contribution in [0.1, 0.15) is 0 Å². The van der Waals surface area contributed by atoms with Crippen molar-refractivity contribution in [2.24, 2.45) is 0 Å². The number of halogens is 2. The Bertz CT molecular complexity index is 551. The van der Waals surface area contributed by atoms with Crippen molar-refractivity contribution in [1.82, 2.24) is 4.90 Å². The lowest BCUT2D eigenvalue weighted by Gasteiger charge is -2.36. The summed E-state index contributed by atoms with van der Waals surface area (Å²) in [6.07, 6.45) is 0. The van der Waals surface area contributed by atoms with Gasteiger partial charge in [-0.3, -0.25) is 19.8 Å². The first-order valence-electron chi connectivity index (χ1n) is 6.21. The van der Waals surface area contributed by atoms with Gasteiger partial charge in [-0.25, -0.2) is 0 Å². The van der Waals surface area contributed by atoms with E-state index < -0.39 is 10.9 Å². The molecule has 1 aromatic carbocycles. The van der Waals surface area contributed by atoms with Gasteiger partial charge >= 0.3 is 5.97 Å². The lowest BCUT2D eigenvalue weighted by Crippen LogP contribution is -2.48. The van der Waals surface area contributed by atoms with E-state index in [9.17, 15) is 14.9 Å². The van der Waals surface area contributed by atoms with E-state index in [2.05, 4.69) is 0 Å². The summed E-state index contributed by atoms with van der Waals surface area (Å²) in [5.41, 5.74) is 0.400. The van der Waals surface area contributed by atoms with Gasteiger partial charge < -0.3 is 10.0 Å². The average molecular weight is 334 g/mol. The molecule has 1 aromatic rings. The number of benzene rings is 1. The molecular formula is C12H13Cl2N3O4. The molecular weight excluding hydrogens is 321 g/mol. The number of nitrogens with zero attached hydrogens (tertiary/aromatic N) is 3. The van der Waals surface area contributed by atoms with Crippen LogP contribution in [-0.4, -0.2) is 53.6 Å². The minimum Gasteiger partial charge on any atom is -0.480 e. The van der Waals surface area contributed by atoms with Crippen molar-refractivity contribution >= 4 is 40.5 Å². The number of rotatable bonds is 4. The molecule has 2 rings (SSSR count). The largest absolute Gasteiger partial charge is 0.480 e. The van der Waals surface area contributed by atoms with Crippen molar-refractivity contribution in [3.8, 4) is 0 Å². The lowest BCUT2D eigenvalue weighted by molar-refractivity contribution is -0.384. The standard InChI is InChI=1S/C12H13Cl2N3O4/c13-9-5-8(17(20)21)6-10(14)12(9)16-3-1-15(2-4-16)7-11(18)19/h5-6H,1-4,7H2,(H,18,19). The fraction of sp³-hybridized carbons (Fsp3) is 0.417. The topological polar surface area (TPSA) is 86.9 Å². The molecule has 0 unspecified atom stereocenters. The first kappa shape index (κ1) is 15.8. The summed E-state index contributed by atoms with van der Waals surface area (Å²) in [5, 5.41) is 20.0. The molecule has 1 heterocycles. The molecule has 21 heavy (non-hydrogen) atoms. The summed E-state index contributed by atoms with van der Waals surface area (Å²) in [7, 11) is 0. The second-order valence-electron chi connectivity index (χ2n) is 4.67. The van der Waals surface area contributed by atoms with Gasteiger partial charge in [-0.2, -0.15) is 0 Å². The third kappa shape index (κ3) is 3.75. The highest BCUT2D eigenvalue weighted by molar-refractivity contribution is 6.39. The Kier molecular flexibility index (Phi) is 4.87. The van der Waals surface area contributed by atoms with Crippen molar-refractivity contribution in [2.75, 3.05) is 37.6 Å². The normalized spacial score (nSPS) is 16.0. The Morgan fingerprint density at radius 1 is 1.24 bits per heavy atom. The van der Waals surface area contributed by atoms with E-state index in [0.717, 1.165) is 0 Å². The van der Waals surface area contributed by atoms with Gasteiger partial charge in [-0.15, -0.1) is 0 Å². The van der Waals surface area contributed by atoms with Crippen molar-refractivity contribution in [2.45, 2.75) is 0 Å². The van der Waals surface area contributed by atoms with Gasteiger partial charge in [0, 0.05) is 38.3 Å². The molecule has 1 fully saturated rings. The average Bonchev–Trinajstić information content (AvgIpc) is 2.39. The third-order valence-electron chi connectivity index (χ3n) is 3.26. The van der Waals surface area contributed by atoms with E-state index in [1.807, 2.05) is 9.80 Å². The molecule has 0 saturated carbocycles. The maximum Gasteiger partial charge on any atom is 0.317 e. The zero-order valence-corrected chi connectivity index (χ0v) is 12.5. The quantitative estimate of drug-likeness (QED) is 0.670. The Labute approximate surface area is 130 Å². The van der Waals surface area contributed by atoms with Crippen LogP contribution in [0.5, 0.6) is 0 Å². The van der Waals surface area contributed by atoms with Crippen molar-refractivity contribution in [1.29, 1.82) is 0 Å². The third-order valence-corrected chi connectivity index (χ3v) is 3.84. The summed E-state index contributed by atoms with van der Waals surface area (Å²) >= 11 is 12.2. The van der Waals surface area contributed by atoms with Gasteiger partial charge in [0.05, 0.1) is 27.2 Å². The van der Waals surface area contributed by atoms with Crippen LogP contribution in [0.2, 0.25) is 10.0 Å². The first-order valence-corrected chi connectivity index (χ1v) is 6.96. The molecule has 0 amide bonds. The molecule has 1 aliphatic rings. The minimum atomic E-state index is -0.866. The highest BCUT2D eigenvalue weighted by atomic mass is 35.5. The minimum absolute atomic E-state index is 0.00440. The zero-order chi connectivity index (χ0) is 15.6. The number of non-ortho nitro benzene ring substituents is 1. The number of hydrogen-bond donors (Lipinski definition) is 1. The molecule has 7 nitrogen and oxygen atoms in total. The molecule has 0 atom stereocenters. The van der Waals surface area contributed by atoms with Crippen LogP contribution < -0.4 is 4.90 Å². The SMILES string of the molecule is O=C(O)CN1CCN(c2c(Cl)cc([N+](=O)[O-])cc2Cl)CC1. The Morgan fingerprint density at radius 3 is 2.19 bits per heavy atom. The van der Waals surface area contributed by atoms with Crippen LogP contribution >= 0.6 is 23.2 Å². The zero-order valence-electron chi connectivity index (χ0n) is 11.0. The first-order chi connectivity index (χ1) is 9.88. The monoisotopic (exact) mass is 333 g/mol. The predicted molar refractivity (Wildman–Crippen MR) is 79.4 cm³/mol. The molecule has 0 radical (unpaired) electrons. The molecule has 1 aliphatic heterocycles. The number of nitro benzene ring substituents is 1. The fourth-order valence-corrected chi connectivity index (χ4v) is 3.00. The predicted octanol–water partition coefficient (Wildman–Crippen LogP) is 2.11. The highest BCUT2D eigenvalue weighted by Gasteiger charge is 2.24. The fourth-order valence-electron chi connectivity index (χ4n) is 2.28. The van der Waals surface area contributed by atoms with E-state index in [4.69, 9.17) is 28.3 Å². The van der Waals surface area contributed by atoms with Gasteiger partial charge in [0.1, 0.15) is 0 Å². The molecule has 1 N–H and O–H groups in total. The van der Waals surface area contributed by atoms with Gasteiger partial charge in [0.15, 0.2) is 0 Å². The van der Waals surface area contributed by atoms with Crippen molar-refractivity contribution < 1.29 is 14.8 Å². The van der Waals surface area contributed by atoms with Crippen molar-refractivity contribution in [3.63, 3.8) is 0 Å². The number of aliphatic carboxylic acids is 1. The maximum atomic E-state index is 10.8. The summed E-state index contributed by atoms with van der Waals surface area (Å²) < 4.78 is 0. The van der Waals surface area contributed by atoms with Crippen molar-refractivity contribution in [3.05, 3.63) is 32.3 Å². The summed E-state index contributed by atoms with van der Waals surface area (Å²) in [5.74, 6) is -0.866. The van der Waals surface area contributed by atoms with E-state index >= 15 is 0 Å². The molecule has 0 aliphatic carbocycles. The molecule has 114 valence electrons. The van der Waals surface area contributed by atoms with Crippen LogP contribution in [-0.2, 0) is 4.79 Å². The number of anilines is 1. The smallest absolute Gasteiger partial charge is 0.317 e. The van der Waals surface area contributed by atoms with E-state index in [1.54, 1.807) is 0 Å². The number of piperazine rings is 1. The number of carbonyl (C=O) groups is 1. The molecule has 1 saturated heterocycles. The lowest BCUT2D eigenvalue weighted by atomic mass is 10.2. The summed E-state index contributed by atoms with van der Waals surface area (Å²) in [6, 6.07) is 2.54. The Balaban J connectivity index is 2.13. The van der Waals surface area contributed by atoms with E-state index in [1.165, 1.54) is 12.1 Å². The summed E-state index contributed by atoms with van der Waals surface area (Å²) in [4.78, 5) is 24.6. The van der Waals surface area contributed by atoms with Crippen LogP contribution in [0.4, 0.5) is 11.4 Å². The number of carboxylic acids is 1. The van der Waals surface area contributed by atoms with E-state index in [-0.39, 0.29) is 22.3 Å². The number of hydrogen-bond acceptors (Lipinski definition) is 5. The maximum absolute atomic E-state index is 10.8. The van der Waals surface area contributed by atoms with Gasteiger partial charge in [-0.05, 0) is 0 Å². The van der Waals surface area contributed by atoms with Gasteiger partial charge in [-0.1, -0.05) is 23.2 Å². The number of nitro groups is 1. The van der Waals surface area contributed by atoms with Crippen LogP contribution in [0.25, 0.3) is 0 Å². The van der Waals surface area contributed by atoms with Crippen LogP contribution in [0, 0.1) is 10.1 Å². The molecule has 9 heteroatoms. The Morgan fingerprint density at radius 2 is 1.76 bits per heavy atom. The molecule has 0 bridgehead atoms. The summed E-state index contributed by atoms with van der Waals surface area (Å²) in [6.45, 7) is 2.25. The molecule has 0 aromatic heterocycles. The second kappa shape index (κ2) is 6.46. The highest BCUT2D eigenvalue weighted by Crippen LogP contribution is 2.37. The number of carboxylic acid groups (broad SMARTS) is 1. The van der Waals surface area contributed by atoms with Gasteiger partial charge in [0.25, 0.3) is 5.69 Å². The van der Waals surface area contributed by atoms with Crippen LogP contribution in [0.3, 0.4) is 0 Å². The van der Waals surface area contributed by atoms with Gasteiger partial charge in [0.2, 0.25) is 0 Å². The van der Waals surface area contributed by atoms with E-state index in [0.29, 0.717) is 31.9 Å². The molecule has 0 spiro atoms. The van der Waals surface area contributed by atoms with Crippen LogP contribution in [0.15, 0.2) is 12.1 Å². The second-order valence-corrected chi connectivity index (χ2v) is 5.49. The Hall–Kier alpha value is -1.57.